The van der Waals surface area contributed by atoms with Crippen molar-refractivity contribution in [2.24, 2.45) is 5.41 Å². The minimum absolute atomic E-state index is 0.0167. The number of methoxy groups -OCH3 is 1. The molecule has 128 valence electrons. The number of ether oxygens (including phenoxy) is 1. The molecule has 2 rings (SSSR count). The third-order valence-electron chi connectivity index (χ3n) is 4.15. The Morgan fingerprint density at radius 2 is 1.58 bits per heavy atom. The number of carbonyl (C=O) groups is 1. The van der Waals surface area contributed by atoms with Crippen LogP contribution in [-0.2, 0) is 4.74 Å². The fourth-order valence-corrected chi connectivity index (χ4v) is 2.03. The Bertz CT molecular complexity index is 809. The van der Waals surface area contributed by atoms with Crippen LogP contribution in [0.4, 0.5) is 17.1 Å². The van der Waals surface area contributed by atoms with Crippen LogP contribution in [-0.4, -0.2) is 19.1 Å². The number of benzene rings is 1. The van der Waals surface area contributed by atoms with Crippen molar-refractivity contribution < 1.29 is 9.53 Å². The van der Waals surface area contributed by atoms with Gasteiger partial charge >= 0.3 is 5.97 Å². The summed E-state index contributed by atoms with van der Waals surface area (Å²) in [5.74, 6) is -0.433. The quantitative estimate of drug-likeness (QED) is 0.648. The van der Waals surface area contributed by atoms with Crippen molar-refractivity contribution in [3.05, 3.63) is 50.3 Å². The number of carbonyl (C=O) groups excluding carboxylic acids is 1. The number of hydrogen-bond acceptors (Lipinski definition) is 6. The fourth-order valence-electron chi connectivity index (χ4n) is 2.03. The zero-order chi connectivity index (χ0) is 18.1. The summed E-state index contributed by atoms with van der Waals surface area (Å²) in [7, 11) is 1.31. The summed E-state index contributed by atoms with van der Waals surface area (Å²) in [4.78, 5) is 35.1. The van der Waals surface area contributed by atoms with Crippen molar-refractivity contribution in [2.75, 3.05) is 17.7 Å². The SMILES string of the molecule is COC(=O)c1ccc(Nc2c(NC(C)C(C)(C)C)c(=O)c2=O)cc1. The van der Waals surface area contributed by atoms with E-state index in [0.29, 0.717) is 16.9 Å². The average molecular weight is 330 g/mol. The van der Waals surface area contributed by atoms with Gasteiger partial charge in [0.25, 0.3) is 10.9 Å². The van der Waals surface area contributed by atoms with Gasteiger partial charge < -0.3 is 15.4 Å². The highest BCUT2D eigenvalue weighted by Gasteiger charge is 2.26. The number of rotatable bonds is 5. The highest BCUT2D eigenvalue weighted by molar-refractivity contribution is 5.90. The third-order valence-corrected chi connectivity index (χ3v) is 4.15. The van der Waals surface area contributed by atoms with Crippen molar-refractivity contribution in [3.63, 3.8) is 0 Å². The summed E-state index contributed by atoms with van der Waals surface area (Å²) in [5.41, 5.74) is 0.463. The molecule has 0 bridgehead atoms. The first-order chi connectivity index (χ1) is 11.1. The van der Waals surface area contributed by atoms with E-state index in [2.05, 4.69) is 36.1 Å². The summed E-state index contributed by atoms with van der Waals surface area (Å²) in [6, 6.07) is 6.50. The molecule has 2 aromatic carbocycles. The molecule has 6 nitrogen and oxygen atoms in total. The molecular formula is C18H22N2O4. The van der Waals surface area contributed by atoms with E-state index < -0.39 is 16.8 Å². The first kappa shape index (κ1) is 17.7. The molecule has 0 spiro atoms. The van der Waals surface area contributed by atoms with Crippen LogP contribution in [0.1, 0.15) is 38.1 Å². The number of anilines is 3. The van der Waals surface area contributed by atoms with Crippen molar-refractivity contribution in [1.82, 2.24) is 0 Å². The minimum Gasteiger partial charge on any atom is -0.465 e. The second-order valence-corrected chi connectivity index (χ2v) is 6.83. The van der Waals surface area contributed by atoms with Crippen molar-refractivity contribution in [3.8, 4) is 0 Å². The van der Waals surface area contributed by atoms with Gasteiger partial charge in [0.2, 0.25) is 0 Å². The molecule has 0 saturated heterocycles. The lowest BCUT2D eigenvalue weighted by Gasteiger charge is -2.30. The maximum Gasteiger partial charge on any atom is 0.337 e. The average Bonchev–Trinajstić information content (AvgIpc) is 2.56. The van der Waals surface area contributed by atoms with Gasteiger partial charge in [-0.3, -0.25) is 9.59 Å². The molecule has 0 radical (unpaired) electrons. The molecule has 2 aromatic rings. The molecule has 0 aliphatic carbocycles. The maximum absolute atomic E-state index is 11.8. The number of nitrogens with one attached hydrogen (secondary N) is 2. The molecule has 0 heterocycles. The predicted octanol–water partition coefficient (Wildman–Crippen LogP) is 2.66. The summed E-state index contributed by atoms with van der Waals surface area (Å²) >= 11 is 0. The molecule has 0 aliphatic heterocycles. The van der Waals surface area contributed by atoms with Gasteiger partial charge in [0.1, 0.15) is 11.4 Å². The van der Waals surface area contributed by atoms with Crippen LogP contribution >= 0.6 is 0 Å². The van der Waals surface area contributed by atoms with Crippen LogP contribution in [0.2, 0.25) is 0 Å². The maximum atomic E-state index is 11.8. The standard InChI is InChI=1S/C18H22N2O4/c1-10(18(2,3)4)19-13-14(16(22)15(13)21)20-12-8-6-11(7-9-12)17(23)24-5/h6-10,19-20H,1-5H3. The second-order valence-electron chi connectivity index (χ2n) is 6.83. The molecule has 2 N–H and O–H groups in total. The first-order valence-corrected chi connectivity index (χ1v) is 7.70. The van der Waals surface area contributed by atoms with E-state index in [0.717, 1.165) is 0 Å². The van der Waals surface area contributed by atoms with Crippen molar-refractivity contribution in [1.29, 1.82) is 0 Å². The van der Waals surface area contributed by atoms with Gasteiger partial charge in [-0.1, -0.05) is 20.8 Å². The zero-order valence-electron chi connectivity index (χ0n) is 14.5. The third kappa shape index (κ3) is 3.48. The fraction of sp³-hybridized carbons (Fsp3) is 0.389. The highest BCUT2D eigenvalue weighted by Crippen LogP contribution is 2.26. The predicted molar refractivity (Wildman–Crippen MR) is 95.0 cm³/mol. The molecular weight excluding hydrogens is 308 g/mol. The van der Waals surface area contributed by atoms with Gasteiger partial charge in [0.05, 0.1) is 12.7 Å². The van der Waals surface area contributed by atoms with Crippen LogP contribution in [0.3, 0.4) is 0 Å². The molecule has 0 saturated carbocycles. The van der Waals surface area contributed by atoms with Gasteiger partial charge in [-0.25, -0.2) is 4.79 Å². The normalized spacial score (nSPS) is 12.7. The summed E-state index contributed by atoms with van der Waals surface area (Å²) < 4.78 is 4.64. The van der Waals surface area contributed by atoms with Crippen LogP contribution in [0.25, 0.3) is 0 Å². The molecule has 1 atom stereocenters. The van der Waals surface area contributed by atoms with Gasteiger partial charge in [0, 0.05) is 11.7 Å². The van der Waals surface area contributed by atoms with E-state index in [-0.39, 0.29) is 17.1 Å². The zero-order valence-corrected chi connectivity index (χ0v) is 14.5. The van der Waals surface area contributed by atoms with Gasteiger partial charge in [-0.15, -0.1) is 0 Å². The second kappa shape index (κ2) is 6.47. The van der Waals surface area contributed by atoms with Gasteiger partial charge in [-0.2, -0.15) is 0 Å². The van der Waals surface area contributed by atoms with Crippen molar-refractivity contribution in [2.45, 2.75) is 33.7 Å². The monoisotopic (exact) mass is 330 g/mol. The topological polar surface area (TPSA) is 84.5 Å². The molecule has 0 fully saturated rings. The molecule has 0 amide bonds. The van der Waals surface area contributed by atoms with Crippen LogP contribution in [0.15, 0.2) is 33.9 Å². The summed E-state index contributed by atoms with van der Waals surface area (Å²) in [5, 5.41) is 6.06. The summed E-state index contributed by atoms with van der Waals surface area (Å²) in [6.07, 6.45) is 0. The van der Waals surface area contributed by atoms with Gasteiger partial charge in [-0.05, 0) is 36.6 Å². The Morgan fingerprint density at radius 3 is 2.08 bits per heavy atom. The Labute approximate surface area is 140 Å². The first-order valence-electron chi connectivity index (χ1n) is 7.70. The largest absolute Gasteiger partial charge is 0.465 e. The minimum atomic E-state index is -0.546. The van der Waals surface area contributed by atoms with E-state index in [1.54, 1.807) is 24.3 Å². The van der Waals surface area contributed by atoms with E-state index in [1.165, 1.54) is 7.11 Å². The Hall–Kier alpha value is -2.63. The molecule has 0 aromatic heterocycles. The van der Waals surface area contributed by atoms with Crippen LogP contribution in [0.5, 0.6) is 0 Å². The molecule has 0 aliphatic rings. The van der Waals surface area contributed by atoms with Crippen LogP contribution < -0.4 is 21.5 Å². The van der Waals surface area contributed by atoms with E-state index in [9.17, 15) is 14.4 Å². The number of esters is 1. The lowest BCUT2D eigenvalue weighted by molar-refractivity contribution is 0.0601. The van der Waals surface area contributed by atoms with Crippen LogP contribution in [0, 0.1) is 5.41 Å². The van der Waals surface area contributed by atoms with E-state index in [4.69, 9.17) is 0 Å². The number of hydrogen-bond donors (Lipinski definition) is 2. The Morgan fingerprint density at radius 1 is 1.04 bits per heavy atom. The van der Waals surface area contributed by atoms with E-state index >= 15 is 0 Å². The smallest absolute Gasteiger partial charge is 0.337 e. The molecule has 24 heavy (non-hydrogen) atoms. The van der Waals surface area contributed by atoms with Crippen molar-refractivity contribution >= 4 is 23.0 Å². The van der Waals surface area contributed by atoms with Gasteiger partial charge in [0.15, 0.2) is 0 Å². The molecule has 1 unspecified atom stereocenters. The lowest BCUT2D eigenvalue weighted by Crippen LogP contribution is -2.41. The highest BCUT2D eigenvalue weighted by atomic mass is 16.5. The Balaban J connectivity index is 2.19. The Kier molecular flexibility index (Phi) is 4.78. The molecule has 6 heteroatoms. The lowest BCUT2D eigenvalue weighted by atomic mass is 9.87. The summed E-state index contributed by atoms with van der Waals surface area (Å²) in [6.45, 7) is 8.12. The van der Waals surface area contributed by atoms with E-state index in [1.807, 2.05) is 6.92 Å².